The number of aliphatic hydroxyl groups is 1. The molecule has 39 heavy (non-hydrogen) atoms. The van der Waals surface area contributed by atoms with Crippen LogP contribution in [0.4, 0.5) is 13.2 Å². The predicted octanol–water partition coefficient (Wildman–Crippen LogP) is 4.02. The topological polar surface area (TPSA) is 101 Å². The molecule has 13 heteroatoms. The summed E-state index contributed by atoms with van der Waals surface area (Å²) >= 11 is 6.02. The fourth-order valence-corrected chi connectivity index (χ4v) is 4.60. The molecule has 2 unspecified atom stereocenters. The van der Waals surface area contributed by atoms with Crippen LogP contribution in [0.1, 0.15) is 12.0 Å². The van der Waals surface area contributed by atoms with Crippen LogP contribution in [0, 0.1) is 11.1 Å². The first-order chi connectivity index (χ1) is 18.5. The van der Waals surface area contributed by atoms with Gasteiger partial charge in [-0.25, -0.2) is 0 Å². The van der Waals surface area contributed by atoms with E-state index in [1.54, 1.807) is 18.2 Å². The Morgan fingerprint density at radius 2 is 1.92 bits per heavy atom. The summed E-state index contributed by atoms with van der Waals surface area (Å²) in [5.74, 6) is -1.06. The Bertz CT molecular complexity index is 1420. The van der Waals surface area contributed by atoms with E-state index in [-0.39, 0.29) is 30.4 Å². The highest BCUT2D eigenvalue weighted by Gasteiger charge is 2.43. The largest absolute Gasteiger partial charge is 0.618 e. The zero-order valence-electron chi connectivity index (χ0n) is 20.4. The molecule has 0 saturated heterocycles. The average Bonchev–Trinajstić information content (AvgIpc) is 2.87. The van der Waals surface area contributed by atoms with Crippen LogP contribution in [0.2, 0.25) is 5.02 Å². The lowest BCUT2D eigenvalue weighted by atomic mass is 9.89. The van der Waals surface area contributed by atoms with Crippen molar-refractivity contribution < 1.29 is 37.3 Å². The number of allylic oxidation sites excluding steroid dienone is 1. The maximum atomic E-state index is 13.5. The molecule has 0 fully saturated rings. The standard InChI is InChI=1S/C26H22ClF3N4O5/c1-32-22-21(24(35)33(25(32)36)14-18-9-10-34(18)37)12-16(11-15-5-7-17(27)8-6-15)23(31-22)38-19-3-2-4-20(13-19)39-26(28,29)30/h2-10,13,16,25,36H,11-12,14H2,1H3. The predicted molar refractivity (Wildman–Crippen MR) is 135 cm³/mol. The minimum atomic E-state index is -4.87. The second-order valence-electron chi connectivity index (χ2n) is 9.13. The molecule has 0 aliphatic carbocycles. The second kappa shape index (κ2) is 10.3. The third-order valence-corrected chi connectivity index (χ3v) is 6.69. The van der Waals surface area contributed by atoms with E-state index in [0.717, 1.165) is 17.7 Å². The van der Waals surface area contributed by atoms with Crippen molar-refractivity contribution in [1.29, 1.82) is 0 Å². The van der Waals surface area contributed by atoms with Gasteiger partial charge in [-0.1, -0.05) is 29.8 Å². The minimum Gasteiger partial charge on any atom is -0.618 e. The lowest BCUT2D eigenvalue weighted by Gasteiger charge is -2.42. The molecule has 0 spiro atoms. The number of aliphatic hydroxyl groups excluding tert-OH is 1. The number of aliphatic imine (C=N–C) groups is 1. The Labute approximate surface area is 225 Å². The molecule has 2 aromatic rings. The Kier molecular flexibility index (Phi) is 7.00. The van der Waals surface area contributed by atoms with Gasteiger partial charge in [0.25, 0.3) is 5.91 Å². The summed E-state index contributed by atoms with van der Waals surface area (Å²) in [4.78, 5) is 20.6. The number of carbonyl (C=O) groups is 1. The van der Waals surface area contributed by atoms with Crippen LogP contribution in [0.5, 0.6) is 11.5 Å². The number of hydrogen-bond donors (Lipinski definition) is 1. The first-order valence-corrected chi connectivity index (χ1v) is 12.2. The summed E-state index contributed by atoms with van der Waals surface area (Å²) in [7, 11) is 1.54. The van der Waals surface area contributed by atoms with E-state index in [4.69, 9.17) is 16.3 Å². The molecule has 204 valence electrons. The first kappa shape index (κ1) is 26.6. The van der Waals surface area contributed by atoms with Crippen molar-refractivity contribution in [3.8, 4) is 11.5 Å². The number of alkyl halides is 3. The number of ether oxygens (including phenoxy) is 2. The molecule has 2 atom stereocenters. The zero-order chi connectivity index (χ0) is 27.9. The van der Waals surface area contributed by atoms with Crippen LogP contribution in [0.15, 0.2) is 76.7 Å². The monoisotopic (exact) mass is 562 g/mol. The number of hydrogen-bond acceptors (Lipinski definition) is 7. The zero-order valence-corrected chi connectivity index (χ0v) is 21.2. The van der Waals surface area contributed by atoms with Crippen molar-refractivity contribution in [3.63, 3.8) is 0 Å². The lowest BCUT2D eigenvalue weighted by molar-refractivity contribution is -0.411. The lowest BCUT2D eigenvalue weighted by Crippen LogP contribution is -2.56. The highest BCUT2D eigenvalue weighted by Crippen LogP contribution is 2.36. The summed E-state index contributed by atoms with van der Waals surface area (Å²) in [5, 5.41) is 23.1. The Morgan fingerprint density at radius 3 is 2.56 bits per heavy atom. The van der Waals surface area contributed by atoms with E-state index in [0.29, 0.717) is 27.5 Å². The molecular formula is C26H22ClF3N4O5. The maximum Gasteiger partial charge on any atom is 0.573 e. The molecule has 5 rings (SSSR count). The van der Waals surface area contributed by atoms with Gasteiger partial charge in [-0.05, 0) is 42.7 Å². The van der Waals surface area contributed by atoms with Crippen molar-refractivity contribution >= 4 is 29.6 Å². The summed E-state index contributed by atoms with van der Waals surface area (Å²) in [6.07, 6.45) is -2.89. The van der Waals surface area contributed by atoms with Crippen molar-refractivity contribution in [2.45, 2.75) is 25.6 Å². The number of carbonyl (C=O) groups excluding carboxylic acids is 1. The SMILES string of the molecule is CN1C2=C(CC(Cc3ccc(Cl)cc3)C(Oc3cccc(OC(F)(F)F)c3)=N2)C(=O)N(CC2=CC=[N+]2[O-])C1O. The van der Waals surface area contributed by atoms with Crippen LogP contribution in [-0.2, 0) is 11.2 Å². The van der Waals surface area contributed by atoms with Gasteiger partial charge in [-0.2, -0.15) is 9.73 Å². The van der Waals surface area contributed by atoms with Crippen molar-refractivity contribution in [3.05, 3.63) is 87.5 Å². The van der Waals surface area contributed by atoms with Crippen LogP contribution in [0.3, 0.4) is 0 Å². The Balaban J connectivity index is 1.47. The van der Waals surface area contributed by atoms with Gasteiger partial charge in [-0.15, -0.1) is 13.2 Å². The van der Waals surface area contributed by atoms with Gasteiger partial charge in [0.2, 0.25) is 12.0 Å². The molecule has 0 saturated carbocycles. The molecule has 2 aromatic carbocycles. The molecule has 0 bridgehead atoms. The average molecular weight is 563 g/mol. The van der Waals surface area contributed by atoms with Gasteiger partial charge in [0.15, 0.2) is 12.1 Å². The summed E-state index contributed by atoms with van der Waals surface area (Å²) in [5.41, 5.74) is 1.50. The fourth-order valence-electron chi connectivity index (χ4n) is 4.48. The van der Waals surface area contributed by atoms with Crippen LogP contribution >= 0.6 is 11.6 Å². The molecule has 0 aromatic heterocycles. The van der Waals surface area contributed by atoms with Crippen molar-refractivity contribution in [1.82, 2.24) is 9.80 Å². The molecule has 9 nitrogen and oxygen atoms in total. The van der Waals surface area contributed by atoms with Gasteiger partial charge in [0, 0.05) is 24.1 Å². The van der Waals surface area contributed by atoms with Crippen molar-refractivity contribution in [2.24, 2.45) is 10.9 Å². The van der Waals surface area contributed by atoms with Gasteiger partial charge in [-0.3, -0.25) is 9.69 Å². The molecule has 1 amide bonds. The molecule has 1 N–H and O–H groups in total. The van der Waals surface area contributed by atoms with E-state index in [2.05, 4.69) is 9.73 Å². The molecule has 3 aliphatic rings. The van der Waals surface area contributed by atoms with E-state index in [9.17, 15) is 28.3 Å². The van der Waals surface area contributed by atoms with E-state index in [1.807, 2.05) is 12.1 Å². The van der Waals surface area contributed by atoms with Gasteiger partial charge in [0.05, 0.1) is 11.6 Å². The van der Waals surface area contributed by atoms with E-state index >= 15 is 0 Å². The van der Waals surface area contributed by atoms with Gasteiger partial charge in [0.1, 0.15) is 23.9 Å². The summed E-state index contributed by atoms with van der Waals surface area (Å²) < 4.78 is 48.8. The Morgan fingerprint density at radius 1 is 1.21 bits per heavy atom. The number of nitrogens with zero attached hydrogens (tertiary/aromatic N) is 4. The van der Waals surface area contributed by atoms with Crippen molar-refractivity contribution in [2.75, 3.05) is 13.6 Å². The summed E-state index contributed by atoms with van der Waals surface area (Å²) in [6, 6.07) is 12.1. The molecule has 3 aliphatic heterocycles. The Hall–Kier alpha value is -4.03. The fraction of sp³-hybridized carbons (Fsp3) is 0.269. The molecule has 0 radical (unpaired) electrons. The molecule has 3 heterocycles. The first-order valence-electron chi connectivity index (χ1n) is 11.8. The van der Waals surface area contributed by atoms with Crippen LogP contribution in [-0.4, -0.2) is 64.0 Å². The number of hydroxylamine groups is 1. The van der Waals surface area contributed by atoms with E-state index < -0.39 is 30.3 Å². The maximum absolute atomic E-state index is 13.5. The summed E-state index contributed by atoms with van der Waals surface area (Å²) in [6.45, 7) is -0.0952. The third-order valence-electron chi connectivity index (χ3n) is 6.44. The quantitative estimate of drug-likeness (QED) is 0.422. The van der Waals surface area contributed by atoms with Crippen LogP contribution in [0.25, 0.3) is 0 Å². The second-order valence-corrected chi connectivity index (χ2v) is 9.57. The highest BCUT2D eigenvalue weighted by molar-refractivity contribution is 6.30. The van der Waals surface area contributed by atoms with Gasteiger partial charge < -0.3 is 24.7 Å². The van der Waals surface area contributed by atoms with Gasteiger partial charge >= 0.3 is 6.36 Å². The van der Waals surface area contributed by atoms with Crippen LogP contribution < -0.4 is 9.47 Å². The normalized spacial score (nSPS) is 21.1. The smallest absolute Gasteiger partial charge is 0.573 e. The number of benzene rings is 2. The molecular weight excluding hydrogens is 541 g/mol. The highest BCUT2D eigenvalue weighted by atomic mass is 35.5. The third kappa shape index (κ3) is 5.71. The minimum absolute atomic E-state index is 0.0522. The van der Waals surface area contributed by atoms with E-state index in [1.165, 1.54) is 35.2 Å². The number of amides is 1. The number of rotatable bonds is 6. The number of halogens is 4.